The predicted octanol–water partition coefficient (Wildman–Crippen LogP) is 4.54. The van der Waals surface area contributed by atoms with Gasteiger partial charge < -0.3 is 5.73 Å². The highest BCUT2D eigenvalue weighted by Crippen LogP contribution is 2.36. The minimum Gasteiger partial charge on any atom is -0.324 e. The molecule has 0 radical (unpaired) electrons. The second-order valence-electron chi connectivity index (χ2n) is 5.22. The van der Waals surface area contributed by atoms with Crippen LogP contribution in [0, 0.1) is 0 Å². The highest BCUT2D eigenvalue weighted by molar-refractivity contribution is 8.00. The molecule has 0 spiro atoms. The van der Waals surface area contributed by atoms with Crippen molar-refractivity contribution < 1.29 is 0 Å². The average molecular weight is 249 g/mol. The van der Waals surface area contributed by atoms with Crippen LogP contribution in [0.3, 0.4) is 0 Å². The topological polar surface area (TPSA) is 26.0 Å². The molecular formula is C15H23NS. The van der Waals surface area contributed by atoms with Gasteiger partial charge in [-0.1, -0.05) is 45.0 Å². The second-order valence-corrected chi connectivity index (χ2v) is 7.09. The van der Waals surface area contributed by atoms with Crippen molar-refractivity contribution in [1.82, 2.24) is 0 Å². The number of nitrogens with two attached hydrogens (primary N) is 1. The van der Waals surface area contributed by atoms with Crippen LogP contribution >= 0.6 is 11.8 Å². The van der Waals surface area contributed by atoms with Crippen molar-refractivity contribution in [2.24, 2.45) is 5.73 Å². The maximum absolute atomic E-state index is 6.24. The Morgan fingerprint density at radius 1 is 1.35 bits per heavy atom. The van der Waals surface area contributed by atoms with E-state index in [1.54, 1.807) is 0 Å². The van der Waals surface area contributed by atoms with Gasteiger partial charge in [-0.15, -0.1) is 18.3 Å². The third-order valence-corrected chi connectivity index (χ3v) is 3.62. The molecule has 0 saturated carbocycles. The summed E-state index contributed by atoms with van der Waals surface area (Å²) in [6.45, 7) is 10.4. The summed E-state index contributed by atoms with van der Waals surface area (Å²) >= 11 is 1.88. The largest absolute Gasteiger partial charge is 0.324 e. The number of hydrogen-bond acceptors (Lipinski definition) is 2. The maximum atomic E-state index is 6.24. The van der Waals surface area contributed by atoms with E-state index in [0.29, 0.717) is 0 Å². The Morgan fingerprint density at radius 3 is 2.59 bits per heavy atom. The number of allylic oxidation sites excluding steroid dienone is 1. The summed E-state index contributed by atoms with van der Waals surface area (Å²) in [6.07, 6.45) is 3.86. The van der Waals surface area contributed by atoms with Gasteiger partial charge in [-0.05, 0) is 24.5 Å². The Labute approximate surface area is 109 Å². The Balaban J connectivity index is 2.87. The smallest absolute Gasteiger partial charge is 0.0308 e. The molecule has 0 aromatic heterocycles. The molecule has 0 aliphatic heterocycles. The van der Waals surface area contributed by atoms with Crippen molar-refractivity contribution in [2.75, 3.05) is 0 Å². The van der Waals surface area contributed by atoms with E-state index >= 15 is 0 Å². The van der Waals surface area contributed by atoms with Crippen LogP contribution in [0.1, 0.15) is 45.2 Å². The Morgan fingerprint density at radius 2 is 2.00 bits per heavy atom. The molecule has 0 aliphatic carbocycles. The van der Waals surface area contributed by atoms with E-state index in [1.807, 2.05) is 17.8 Å². The van der Waals surface area contributed by atoms with Gasteiger partial charge in [0.2, 0.25) is 0 Å². The fourth-order valence-electron chi connectivity index (χ4n) is 1.66. The molecule has 0 amide bonds. The first kappa shape index (κ1) is 14.3. The van der Waals surface area contributed by atoms with Gasteiger partial charge in [-0.2, -0.15) is 0 Å². The number of rotatable bonds is 5. The minimum absolute atomic E-state index is 0.110. The molecule has 0 saturated heterocycles. The fraction of sp³-hybridized carbons (Fsp3) is 0.467. The molecule has 2 N–H and O–H groups in total. The molecular weight excluding hydrogens is 226 g/mol. The van der Waals surface area contributed by atoms with E-state index in [1.165, 1.54) is 10.5 Å². The van der Waals surface area contributed by atoms with Crippen molar-refractivity contribution in [1.29, 1.82) is 0 Å². The van der Waals surface area contributed by atoms with Crippen molar-refractivity contribution in [3.63, 3.8) is 0 Å². The van der Waals surface area contributed by atoms with Gasteiger partial charge in [0.25, 0.3) is 0 Å². The minimum atomic E-state index is 0.110. The van der Waals surface area contributed by atoms with Gasteiger partial charge in [0.1, 0.15) is 0 Å². The van der Waals surface area contributed by atoms with Crippen LogP contribution in [-0.4, -0.2) is 4.75 Å². The zero-order chi connectivity index (χ0) is 12.9. The standard InChI is InChI=1S/C15H23NS/c1-5-6-10-13(16)12-9-7-8-11-14(12)17-15(2,3)4/h5,7-9,11,13H,1,6,10,16H2,2-4H3/t13-/m1/s1. The first-order valence-electron chi connectivity index (χ1n) is 6.08. The lowest BCUT2D eigenvalue weighted by atomic mass is 10.0. The molecule has 0 unspecified atom stereocenters. The first-order valence-corrected chi connectivity index (χ1v) is 6.90. The highest BCUT2D eigenvalue weighted by Gasteiger charge is 2.17. The van der Waals surface area contributed by atoms with Crippen LogP contribution in [0.15, 0.2) is 41.8 Å². The lowest BCUT2D eigenvalue weighted by Gasteiger charge is -2.22. The van der Waals surface area contributed by atoms with Gasteiger partial charge in [-0.25, -0.2) is 0 Å². The number of hydrogen-bond donors (Lipinski definition) is 1. The molecule has 1 aromatic rings. The number of thioether (sulfide) groups is 1. The Hall–Kier alpha value is -0.730. The summed E-state index contributed by atoms with van der Waals surface area (Å²) < 4.78 is 0.217. The molecule has 0 aliphatic rings. The zero-order valence-corrected chi connectivity index (χ0v) is 11.9. The predicted molar refractivity (Wildman–Crippen MR) is 78.4 cm³/mol. The van der Waals surface area contributed by atoms with Crippen molar-refractivity contribution in [2.45, 2.75) is 49.3 Å². The van der Waals surface area contributed by atoms with Crippen LogP contribution in [-0.2, 0) is 0 Å². The maximum Gasteiger partial charge on any atom is 0.0308 e. The lowest BCUT2D eigenvalue weighted by Crippen LogP contribution is -2.13. The van der Waals surface area contributed by atoms with Crippen molar-refractivity contribution in [3.8, 4) is 0 Å². The molecule has 17 heavy (non-hydrogen) atoms. The summed E-state index contributed by atoms with van der Waals surface area (Å²) in [6, 6.07) is 8.56. The second kappa shape index (κ2) is 6.27. The monoisotopic (exact) mass is 249 g/mol. The molecule has 1 atom stereocenters. The average Bonchev–Trinajstić information content (AvgIpc) is 2.24. The third kappa shape index (κ3) is 4.97. The quantitative estimate of drug-likeness (QED) is 0.612. The number of benzene rings is 1. The Bertz CT molecular complexity index is 365. The third-order valence-electron chi connectivity index (χ3n) is 2.42. The summed E-state index contributed by atoms with van der Waals surface area (Å²) in [5.41, 5.74) is 7.50. The van der Waals surface area contributed by atoms with Gasteiger partial charge in [0.15, 0.2) is 0 Å². The van der Waals surface area contributed by atoms with E-state index < -0.39 is 0 Å². The van der Waals surface area contributed by atoms with Gasteiger partial charge in [0, 0.05) is 15.7 Å². The van der Waals surface area contributed by atoms with E-state index in [-0.39, 0.29) is 10.8 Å². The molecule has 1 aromatic carbocycles. The van der Waals surface area contributed by atoms with Crippen LogP contribution in [0.5, 0.6) is 0 Å². The molecule has 0 bridgehead atoms. The molecule has 1 rings (SSSR count). The summed E-state index contributed by atoms with van der Waals surface area (Å²) in [4.78, 5) is 1.30. The fourth-order valence-corrected chi connectivity index (χ4v) is 2.81. The highest BCUT2D eigenvalue weighted by atomic mass is 32.2. The van der Waals surface area contributed by atoms with E-state index in [4.69, 9.17) is 5.73 Å². The Kier molecular flexibility index (Phi) is 5.29. The van der Waals surface area contributed by atoms with E-state index in [0.717, 1.165) is 12.8 Å². The van der Waals surface area contributed by atoms with E-state index in [2.05, 4.69) is 51.6 Å². The first-order chi connectivity index (χ1) is 7.94. The van der Waals surface area contributed by atoms with Crippen molar-refractivity contribution >= 4 is 11.8 Å². The molecule has 1 nitrogen and oxygen atoms in total. The van der Waals surface area contributed by atoms with Crippen LogP contribution in [0.2, 0.25) is 0 Å². The van der Waals surface area contributed by atoms with Crippen molar-refractivity contribution in [3.05, 3.63) is 42.5 Å². The zero-order valence-electron chi connectivity index (χ0n) is 11.1. The van der Waals surface area contributed by atoms with E-state index in [9.17, 15) is 0 Å². The SMILES string of the molecule is C=CCC[C@@H](N)c1ccccc1SC(C)(C)C. The lowest BCUT2D eigenvalue weighted by molar-refractivity contribution is 0.649. The summed E-state index contributed by atoms with van der Waals surface area (Å²) in [5.74, 6) is 0. The van der Waals surface area contributed by atoms with Gasteiger partial charge in [0.05, 0.1) is 0 Å². The normalized spacial score (nSPS) is 13.4. The van der Waals surface area contributed by atoms with Gasteiger partial charge >= 0.3 is 0 Å². The summed E-state index contributed by atoms with van der Waals surface area (Å²) in [7, 11) is 0. The van der Waals surface area contributed by atoms with Gasteiger partial charge in [-0.3, -0.25) is 0 Å². The molecule has 0 heterocycles. The molecule has 0 fully saturated rings. The molecule has 94 valence electrons. The van der Waals surface area contributed by atoms with Crippen LogP contribution in [0.4, 0.5) is 0 Å². The molecule has 2 heteroatoms. The van der Waals surface area contributed by atoms with Crippen LogP contribution < -0.4 is 5.73 Å². The summed E-state index contributed by atoms with van der Waals surface area (Å²) in [5, 5.41) is 0. The van der Waals surface area contributed by atoms with Crippen LogP contribution in [0.25, 0.3) is 0 Å².